The quantitative estimate of drug-likeness (QED) is 0.775. The van der Waals surface area contributed by atoms with E-state index in [4.69, 9.17) is 0 Å². The number of benzene rings is 2. The molecule has 0 spiro atoms. The van der Waals surface area contributed by atoms with Crippen molar-refractivity contribution in [2.75, 3.05) is 0 Å². The molecule has 0 radical (unpaired) electrons. The third-order valence-electron chi connectivity index (χ3n) is 5.28. The lowest BCUT2D eigenvalue weighted by Gasteiger charge is -2.34. The zero-order valence-corrected chi connectivity index (χ0v) is 13.5. The van der Waals surface area contributed by atoms with Gasteiger partial charge >= 0.3 is 0 Å². The Balaban J connectivity index is 1.58. The van der Waals surface area contributed by atoms with Gasteiger partial charge in [-0.05, 0) is 60.6 Å². The van der Waals surface area contributed by atoms with Crippen molar-refractivity contribution in [3.8, 4) is 0 Å². The van der Waals surface area contributed by atoms with Gasteiger partial charge in [0.2, 0.25) is 0 Å². The summed E-state index contributed by atoms with van der Waals surface area (Å²) in [6, 6.07) is 17.4. The average molecular weight is 307 g/mol. The number of rotatable bonds is 3. The molecule has 1 fully saturated rings. The molecule has 23 heavy (non-hydrogen) atoms. The average Bonchev–Trinajstić information content (AvgIpc) is 2.80. The van der Waals surface area contributed by atoms with Crippen molar-refractivity contribution < 1.29 is 4.39 Å². The summed E-state index contributed by atoms with van der Waals surface area (Å²) >= 11 is 0. The van der Waals surface area contributed by atoms with E-state index >= 15 is 0 Å². The molecule has 118 valence electrons. The molecule has 2 heteroatoms. The summed E-state index contributed by atoms with van der Waals surface area (Å²) in [5, 5.41) is 0. The van der Waals surface area contributed by atoms with E-state index in [-0.39, 0.29) is 5.82 Å². The summed E-state index contributed by atoms with van der Waals surface area (Å²) < 4.78 is 13.5. The minimum absolute atomic E-state index is 0.112. The molecule has 2 aliphatic rings. The van der Waals surface area contributed by atoms with Crippen LogP contribution in [0.4, 0.5) is 4.39 Å². The standard InChI is InChI=1S/C21H22FN/c1-15-11-17(7-10-21(15)22)18-12-19-8-9-20(13-18)23(19)14-16-5-3-2-4-6-16/h2-7,10-12,19-20H,8-9,13-14H2,1H3. The highest BCUT2D eigenvalue weighted by Gasteiger charge is 2.36. The van der Waals surface area contributed by atoms with Crippen molar-refractivity contribution in [3.05, 3.63) is 77.1 Å². The molecule has 2 heterocycles. The Bertz CT molecular complexity index is 735. The van der Waals surface area contributed by atoms with Gasteiger partial charge in [-0.2, -0.15) is 0 Å². The van der Waals surface area contributed by atoms with Gasteiger partial charge in [-0.25, -0.2) is 4.39 Å². The Morgan fingerprint density at radius 1 is 1.09 bits per heavy atom. The molecule has 2 aromatic carbocycles. The second kappa shape index (κ2) is 5.93. The molecule has 0 aromatic heterocycles. The van der Waals surface area contributed by atoms with Gasteiger partial charge in [0.25, 0.3) is 0 Å². The first-order chi connectivity index (χ1) is 11.2. The minimum Gasteiger partial charge on any atom is -0.289 e. The largest absolute Gasteiger partial charge is 0.289 e. The summed E-state index contributed by atoms with van der Waals surface area (Å²) in [5.74, 6) is -0.112. The maximum atomic E-state index is 13.5. The van der Waals surface area contributed by atoms with E-state index in [1.807, 2.05) is 19.1 Å². The van der Waals surface area contributed by atoms with Gasteiger partial charge in [-0.3, -0.25) is 4.90 Å². The lowest BCUT2D eigenvalue weighted by atomic mass is 9.93. The first kappa shape index (κ1) is 14.6. The monoisotopic (exact) mass is 307 g/mol. The Labute approximate surface area is 137 Å². The second-order valence-corrected chi connectivity index (χ2v) is 6.82. The zero-order chi connectivity index (χ0) is 15.8. The van der Waals surface area contributed by atoms with Gasteiger partial charge < -0.3 is 0 Å². The molecule has 2 unspecified atom stereocenters. The number of fused-ring (bicyclic) bond motifs is 2. The van der Waals surface area contributed by atoms with Crippen LogP contribution < -0.4 is 0 Å². The van der Waals surface area contributed by atoms with Crippen LogP contribution in [-0.2, 0) is 6.54 Å². The normalized spacial score (nSPS) is 23.8. The third kappa shape index (κ3) is 2.84. The van der Waals surface area contributed by atoms with Crippen LogP contribution in [0.2, 0.25) is 0 Å². The minimum atomic E-state index is -0.112. The Morgan fingerprint density at radius 2 is 1.91 bits per heavy atom. The second-order valence-electron chi connectivity index (χ2n) is 6.82. The molecule has 4 rings (SSSR count). The van der Waals surface area contributed by atoms with Gasteiger partial charge in [0.1, 0.15) is 5.82 Å². The van der Waals surface area contributed by atoms with Crippen LogP contribution in [0.25, 0.3) is 5.57 Å². The van der Waals surface area contributed by atoms with Gasteiger partial charge in [0.05, 0.1) is 0 Å². The van der Waals surface area contributed by atoms with E-state index in [2.05, 4.69) is 41.3 Å². The van der Waals surface area contributed by atoms with Crippen molar-refractivity contribution in [1.82, 2.24) is 4.90 Å². The first-order valence-electron chi connectivity index (χ1n) is 8.47. The summed E-state index contributed by atoms with van der Waals surface area (Å²) in [6.07, 6.45) is 5.99. The van der Waals surface area contributed by atoms with Crippen LogP contribution in [0.5, 0.6) is 0 Å². The van der Waals surface area contributed by atoms with E-state index in [0.717, 1.165) is 18.5 Å². The topological polar surface area (TPSA) is 3.24 Å². The van der Waals surface area contributed by atoms with Crippen molar-refractivity contribution in [1.29, 1.82) is 0 Å². The lowest BCUT2D eigenvalue weighted by molar-refractivity contribution is 0.203. The summed E-state index contributed by atoms with van der Waals surface area (Å²) in [7, 11) is 0. The van der Waals surface area contributed by atoms with Crippen LogP contribution in [0.1, 0.15) is 36.0 Å². The highest BCUT2D eigenvalue weighted by Crippen LogP contribution is 2.39. The first-order valence-corrected chi connectivity index (χ1v) is 8.47. The van der Waals surface area contributed by atoms with Crippen molar-refractivity contribution in [2.24, 2.45) is 0 Å². The van der Waals surface area contributed by atoms with Crippen LogP contribution >= 0.6 is 0 Å². The number of hydrogen-bond donors (Lipinski definition) is 0. The lowest BCUT2D eigenvalue weighted by Crippen LogP contribution is -2.37. The van der Waals surface area contributed by atoms with E-state index in [1.165, 1.54) is 29.5 Å². The highest BCUT2D eigenvalue weighted by atomic mass is 19.1. The Morgan fingerprint density at radius 3 is 2.65 bits per heavy atom. The molecule has 0 saturated carbocycles. The Kier molecular flexibility index (Phi) is 3.78. The molecule has 0 aliphatic carbocycles. The number of aryl methyl sites for hydroxylation is 1. The highest BCUT2D eigenvalue weighted by molar-refractivity contribution is 5.68. The van der Waals surface area contributed by atoms with E-state index in [0.29, 0.717) is 12.1 Å². The molecule has 1 nitrogen and oxygen atoms in total. The predicted molar refractivity (Wildman–Crippen MR) is 92.5 cm³/mol. The molecule has 0 N–H and O–H groups in total. The van der Waals surface area contributed by atoms with Gasteiger partial charge in [-0.15, -0.1) is 0 Å². The summed E-state index contributed by atoms with van der Waals surface area (Å²) in [6.45, 7) is 2.88. The molecular formula is C21H22FN. The fourth-order valence-corrected chi connectivity index (χ4v) is 4.02. The maximum absolute atomic E-state index is 13.5. The maximum Gasteiger partial charge on any atom is 0.126 e. The number of nitrogens with zero attached hydrogens (tertiary/aromatic N) is 1. The molecule has 1 saturated heterocycles. The van der Waals surface area contributed by atoms with Crippen LogP contribution in [0.3, 0.4) is 0 Å². The molecule has 0 amide bonds. The fourth-order valence-electron chi connectivity index (χ4n) is 4.02. The molecule has 2 atom stereocenters. The SMILES string of the molecule is Cc1cc(C2=CC3CCC(C2)N3Cc2ccccc2)ccc1F. The molecule has 2 bridgehead atoms. The van der Waals surface area contributed by atoms with E-state index in [9.17, 15) is 4.39 Å². The molecular weight excluding hydrogens is 285 g/mol. The smallest absolute Gasteiger partial charge is 0.126 e. The van der Waals surface area contributed by atoms with Crippen LogP contribution in [-0.4, -0.2) is 17.0 Å². The predicted octanol–water partition coefficient (Wildman–Crippen LogP) is 4.95. The van der Waals surface area contributed by atoms with Gasteiger partial charge in [0, 0.05) is 18.6 Å². The molecule has 2 aromatic rings. The van der Waals surface area contributed by atoms with Crippen LogP contribution in [0.15, 0.2) is 54.6 Å². The number of halogens is 1. The summed E-state index contributed by atoms with van der Waals surface area (Å²) in [4.78, 5) is 2.63. The number of hydrogen-bond acceptors (Lipinski definition) is 1. The van der Waals surface area contributed by atoms with Gasteiger partial charge in [0.15, 0.2) is 0 Å². The summed E-state index contributed by atoms with van der Waals surface area (Å²) in [5.41, 5.74) is 4.71. The third-order valence-corrected chi connectivity index (χ3v) is 5.28. The Hall–Kier alpha value is -1.93. The van der Waals surface area contributed by atoms with E-state index < -0.39 is 0 Å². The molecule has 2 aliphatic heterocycles. The zero-order valence-electron chi connectivity index (χ0n) is 13.5. The van der Waals surface area contributed by atoms with E-state index in [1.54, 1.807) is 6.07 Å². The fraction of sp³-hybridized carbons (Fsp3) is 0.333. The van der Waals surface area contributed by atoms with Crippen LogP contribution in [0, 0.1) is 12.7 Å². The van der Waals surface area contributed by atoms with Crippen molar-refractivity contribution >= 4 is 5.57 Å². The van der Waals surface area contributed by atoms with Gasteiger partial charge in [-0.1, -0.05) is 42.5 Å². The van der Waals surface area contributed by atoms with Crippen molar-refractivity contribution in [3.63, 3.8) is 0 Å². The van der Waals surface area contributed by atoms with Crippen molar-refractivity contribution in [2.45, 2.75) is 44.8 Å².